The Labute approximate surface area is 155 Å². The van der Waals surface area contributed by atoms with Crippen LogP contribution in [0.25, 0.3) is 0 Å². The molecule has 0 saturated heterocycles. The number of carboxylic acid groups (broad SMARTS) is 1. The maximum atomic E-state index is 13.1. The van der Waals surface area contributed by atoms with Gasteiger partial charge in [-0.05, 0) is 37.1 Å². The Hall–Kier alpha value is -2.39. The first kappa shape index (κ1) is 18.4. The molecular weight excluding hydrogens is 376 g/mol. The summed E-state index contributed by atoms with van der Waals surface area (Å²) in [6.45, 7) is 3.38. The van der Waals surface area contributed by atoms with Crippen LogP contribution >= 0.6 is 11.3 Å². The van der Waals surface area contributed by atoms with Gasteiger partial charge in [-0.25, -0.2) is 13.2 Å². The van der Waals surface area contributed by atoms with Crippen LogP contribution in [0.2, 0.25) is 0 Å². The van der Waals surface area contributed by atoms with Crippen molar-refractivity contribution in [3.8, 4) is 0 Å². The minimum Gasteiger partial charge on any atom is -0.478 e. The van der Waals surface area contributed by atoms with Crippen LogP contribution in [-0.2, 0) is 21.2 Å². The number of carboxylic acids is 1. The summed E-state index contributed by atoms with van der Waals surface area (Å²) in [4.78, 5) is 23.4. The largest absolute Gasteiger partial charge is 0.478 e. The van der Waals surface area contributed by atoms with E-state index in [4.69, 9.17) is 0 Å². The first-order valence-electron chi connectivity index (χ1n) is 7.96. The Morgan fingerprint density at radius 1 is 1.27 bits per heavy atom. The predicted octanol–water partition coefficient (Wildman–Crippen LogP) is 2.39. The summed E-state index contributed by atoms with van der Waals surface area (Å²) in [5.74, 6) is -1.36. The van der Waals surface area contributed by atoms with E-state index in [0.29, 0.717) is 16.9 Å². The number of nitrogens with zero attached hydrogens (tertiary/aromatic N) is 1. The molecule has 1 aromatic heterocycles. The van der Waals surface area contributed by atoms with E-state index < -0.39 is 16.0 Å². The second-order valence-electron chi connectivity index (χ2n) is 6.02. The molecule has 1 aliphatic rings. The molecule has 1 aliphatic heterocycles. The van der Waals surface area contributed by atoms with E-state index in [2.05, 4.69) is 5.32 Å². The average molecular weight is 394 g/mol. The fourth-order valence-corrected chi connectivity index (χ4v) is 5.99. The predicted molar refractivity (Wildman–Crippen MR) is 98.2 cm³/mol. The summed E-state index contributed by atoms with van der Waals surface area (Å²) in [5, 5.41) is 12.1. The van der Waals surface area contributed by atoms with Gasteiger partial charge >= 0.3 is 5.97 Å². The third kappa shape index (κ3) is 3.19. The molecule has 0 aliphatic carbocycles. The molecule has 0 bridgehead atoms. The van der Waals surface area contributed by atoms with E-state index >= 15 is 0 Å². The molecule has 1 atom stereocenters. The number of hydrogen-bond donors (Lipinski definition) is 2. The van der Waals surface area contributed by atoms with Gasteiger partial charge < -0.3 is 10.4 Å². The molecule has 7 nitrogen and oxygen atoms in total. The first-order valence-corrected chi connectivity index (χ1v) is 10.2. The van der Waals surface area contributed by atoms with E-state index in [-0.39, 0.29) is 34.0 Å². The van der Waals surface area contributed by atoms with Crippen LogP contribution < -0.4 is 9.62 Å². The van der Waals surface area contributed by atoms with Crippen molar-refractivity contribution < 1.29 is 23.1 Å². The van der Waals surface area contributed by atoms with Crippen LogP contribution in [0.5, 0.6) is 0 Å². The molecule has 0 radical (unpaired) electrons. The smallest absolute Gasteiger partial charge is 0.337 e. The highest BCUT2D eigenvalue weighted by molar-refractivity contribution is 7.94. The third-order valence-corrected chi connectivity index (χ3v) is 7.71. The number of aromatic carboxylic acids is 1. The van der Waals surface area contributed by atoms with Gasteiger partial charge in [-0.1, -0.05) is 12.1 Å². The average Bonchev–Trinajstić information content (AvgIpc) is 3.21. The third-order valence-electron chi connectivity index (χ3n) is 4.18. The van der Waals surface area contributed by atoms with Crippen molar-refractivity contribution in [2.24, 2.45) is 0 Å². The lowest BCUT2D eigenvalue weighted by Gasteiger charge is -2.20. The van der Waals surface area contributed by atoms with Crippen molar-refractivity contribution in [2.75, 3.05) is 10.8 Å². The number of sulfonamides is 1. The number of para-hydroxylation sites is 1. The molecule has 3 rings (SSSR count). The van der Waals surface area contributed by atoms with Gasteiger partial charge in [0.05, 0.1) is 17.3 Å². The fraction of sp³-hybridized carbons (Fsp3) is 0.294. The van der Waals surface area contributed by atoms with Crippen molar-refractivity contribution in [3.63, 3.8) is 0 Å². The summed E-state index contributed by atoms with van der Waals surface area (Å²) in [6.07, 6.45) is 0.468. The Morgan fingerprint density at radius 3 is 2.65 bits per heavy atom. The number of fused-ring (bicyclic) bond motifs is 1. The monoisotopic (exact) mass is 394 g/mol. The Balaban J connectivity index is 1.99. The zero-order valence-electron chi connectivity index (χ0n) is 14.2. The molecule has 0 spiro atoms. The van der Waals surface area contributed by atoms with Crippen molar-refractivity contribution in [1.29, 1.82) is 0 Å². The lowest BCUT2D eigenvalue weighted by molar-refractivity contribution is -0.119. The number of amides is 1. The highest BCUT2D eigenvalue weighted by atomic mass is 32.2. The van der Waals surface area contributed by atoms with Gasteiger partial charge in [-0.2, -0.15) is 0 Å². The van der Waals surface area contributed by atoms with Crippen LogP contribution in [0.3, 0.4) is 0 Å². The molecule has 2 heterocycles. The lowest BCUT2D eigenvalue weighted by atomic mass is 10.1. The number of carbonyl (C=O) groups excluding carboxylic acids is 1. The van der Waals surface area contributed by atoms with Gasteiger partial charge in [-0.15, -0.1) is 11.3 Å². The number of hydrogen-bond acceptors (Lipinski definition) is 5. The van der Waals surface area contributed by atoms with Gasteiger partial charge in [0, 0.05) is 18.3 Å². The molecule has 2 N–H and O–H groups in total. The van der Waals surface area contributed by atoms with E-state index in [1.165, 1.54) is 23.4 Å². The molecule has 138 valence electrons. The molecule has 1 aromatic carbocycles. The topological polar surface area (TPSA) is 104 Å². The highest BCUT2D eigenvalue weighted by Crippen LogP contribution is 2.38. The van der Waals surface area contributed by atoms with Crippen LogP contribution in [-0.4, -0.2) is 31.9 Å². The van der Waals surface area contributed by atoms with E-state index in [1.54, 1.807) is 25.1 Å². The van der Waals surface area contributed by atoms with Gasteiger partial charge in [0.2, 0.25) is 5.91 Å². The number of nitrogens with one attached hydrogen (secondary N) is 1. The van der Waals surface area contributed by atoms with Gasteiger partial charge in [0.25, 0.3) is 10.0 Å². The van der Waals surface area contributed by atoms with Crippen molar-refractivity contribution in [1.82, 2.24) is 5.32 Å². The number of thiophene rings is 1. The van der Waals surface area contributed by atoms with Gasteiger partial charge in [0.15, 0.2) is 0 Å². The van der Waals surface area contributed by atoms with Gasteiger partial charge in [0.1, 0.15) is 4.21 Å². The number of rotatable bonds is 5. The molecule has 2 aromatic rings. The molecule has 0 fully saturated rings. The second kappa shape index (κ2) is 6.73. The number of anilines is 1. The van der Waals surface area contributed by atoms with E-state index in [9.17, 15) is 23.1 Å². The molecule has 9 heteroatoms. The molecule has 0 saturated carbocycles. The zero-order chi connectivity index (χ0) is 19.1. The summed E-state index contributed by atoms with van der Waals surface area (Å²) < 4.78 is 27.5. The highest BCUT2D eigenvalue weighted by Gasteiger charge is 2.35. The van der Waals surface area contributed by atoms with Gasteiger partial charge in [-0.3, -0.25) is 9.10 Å². The maximum Gasteiger partial charge on any atom is 0.337 e. The summed E-state index contributed by atoms with van der Waals surface area (Å²) in [5.41, 5.74) is 0.925. The van der Waals surface area contributed by atoms with E-state index in [0.717, 1.165) is 11.3 Å². The SMILES string of the molecule is CC(=O)NC(C)c1ccc(S(=O)(=O)N2CCc3cccc(C(=O)O)c32)s1. The van der Waals surface area contributed by atoms with Crippen molar-refractivity contribution in [2.45, 2.75) is 30.5 Å². The van der Waals surface area contributed by atoms with Crippen LogP contribution in [0.1, 0.15) is 40.7 Å². The minimum atomic E-state index is -3.87. The number of carbonyl (C=O) groups is 2. The molecule has 1 unspecified atom stereocenters. The summed E-state index contributed by atoms with van der Waals surface area (Å²) in [6, 6.07) is 7.63. The quantitative estimate of drug-likeness (QED) is 0.810. The van der Waals surface area contributed by atoms with Crippen molar-refractivity contribution in [3.05, 3.63) is 46.3 Å². The fourth-order valence-electron chi connectivity index (χ4n) is 3.02. The Morgan fingerprint density at radius 2 is 2.00 bits per heavy atom. The maximum absolute atomic E-state index is 13.1. The molecular formula is C17H18N2O5S2. The number of benzene rings is 1. The molecule has 1 amide bonds. The van der Waals surface area contributed by atoms with E-state index in [1.807, 2.05) is 0 Å². The van der Waals surface area contributed by atoms with Crippen LogP contribution in [0, 0.1) is 0 Å². The van der Waals surface area contributed by atoms with Crippen molar-refractivity contribution >= 4 is 38.9 Å². The summed E-state index contributed by atoms with van der Waals surface area (Å²) in [7, 11) is -3.87. The second-order valence-corrected chi connectivity index (χ2v) is 9.23. The zero-order valence-corrected chi connectivity index (χ0v) is 15.9. The normalized spacial score (nSPS) is 14.8. The lowest BCUT2D eigenvalue weighted by Crippen LogP contribution is -2.29. The summed E-state index contributed by atoms with van der Waals surface area (Å²) >= 11 is 1.07. The van der Waals surface area contributed by atoms with Crippen LogP contribution in [0.15, 0.2) is 34.5 Å². The Kier molecular flexibility index (Phi) is 4.76. The minimum absolute atomic E-state index is 0.0213. The first-order chi connectivity index (χ1) is 12.2. The molecule has 26 heavy (non-hydrogen) atoms. The Bertz CT molecular complexity index is 981. The standard InChI is InChI=1S/C17H18N2O5S2/c1-10(18-11(2)20)14-6-7-15(25-14)26(23,24)19-9-8-12-4-3-5-13(16(12)19)17(21)22/h3-7,10H,8-9H2,1-2H3,(H,18,20)(H,21,22). The van der Waals surface area contributed by atoms with Crippen LogP contribution in [0.4, 0.5) is 5.69 Å².